The fourth-order valence-corrected chi connectivity index (χ4v) is 4.76. The first kappa shape index (κ1) is 24.5. The molecule has 1 atom stereocenters. The lowest BCUT2D eigenvalue weighted by Gasteiger charge is -2.22. The topological polar surface area (TPSA) is 51.0 Å². The van der Waals surface area contributed by atoms with E-state index in [1.807, 2.05) is 26.8 Å². The van der Waals surface area contributed by atoms with E-state index in [2.05, 4.69) is 10.1 Å². The maximum absolute atomic E-state index is 12.8. The molecule has 0 radical (unpaired) electrons. The summed E-state index contributed by atoms with van der Waals surface area (Å²) in [5.74, 6) is 0.273. The molecule has 0 aliphatic heterocycles. The summed E-state index contributed by atoms with van der Waals surface area (Å²) >= 11 is 7.46. The van der Waals surface area contributed by atoms with Crippen LogP contribution in [0.25, 0.3) is 5.69 Å². The number of amides is 1. The Bertz CT molecular complexity index is 814. The number of halogens is 4. The molecule has 2 rings (SSSR count). The van der Waals surface area contributed by atoms with Crippen LogP contribution in [0, 0.1) is 5.92 Å². The van der Waals surface area contributed by atoms with Crippen molar-refractivity contribution in [2.24, 2.45) is 5.92 Å². The largest absolute Gasteiger partial charge is 0.390 e. The Morgan fingerprint density at radius 1 is 1.37 bits per heavy atom. The molecule has 0 aliphatic carbocycles. The minimum absolute atomic E-state index is 0.124. The number of hydrogen-bond acceptors (Lipinski definition) is 4. The van der Waals surface area contributed by atoms with Gasteiger partial charge in [-0.05, 0) is 31.4 Å². The maximum atomic E-state index is 12.8. The Kier molecular flexibility index (Phi) is 9.03. The van der Waals surface area contributed by atoms with E-state index in [9.17, 15) is 18.0 Å². The molecule has 2 aromatic heterocycles. The molecular weight excluding hydrogens is 437 g/mol. The Labute approximate surface area is 184 Å². The number of aromatic nitrogens is 3. The fourth-order valence-electron chi connectivity index (χ4n) is 3.07. The average Bonchev–Trinajstić information content (AvgIpc) is 3.03. The molecule has 0 spiro atoms. The van der Waals surface area contributed by atoms with Crippen molar-refractivity contribution in [3.63, 3.8) is 0 Å². The first-order valence-corrected chi connectivity index (χ1v) is 11.2. The summed E-state index contributed by atoms with van der Waals surface area (Å²) in [5, 5.41) is 3.86. The third-order valence-electron chi connectivity index (χ3n) is 4.33. The van der Waals surface area contributed by atoms with Gasteiger partial charge in [0, 0.05) is 30.2 Å². The number of pyridine rings is 1. The van der Waals surface area contributed by atoms with Gasteiger partial charge >= 0.3 is 6.18 Å². The standard InChI is InChI=1S/C20H26ClF3N4OS/c1-4-27(17-13-28(26-19(17)21)15-6-5-8-25-12-15)18(29)7-9-30-16(10-14(2)3)11-20(22,23)24/h5-6,8,12-14,16H,4,7,9-11H2,1-3H3. The van der Waals surface area contributed by atoms with E-state index < -0.39 is 17.8 Å². The molecule has 0 saturated heterocycles. The van der Waals surface area contributed by atoms with Gasteiger partial charge < -0.3 is 4.90 Å². The normalized spacial score (nSPS) is 12.9. The van der Waals surface area contributed by atoms with Gasteiger partial charge in [-0.2, -0.15) is 30.0 Å². The predicted molar refractivity (Wildman–Crippen MR) is 115 cm³/mol. The average molecular weight is 463 g/mol. The highest BCUT2D eigenvalue weighted by Gasteiger charge is 2.32. The minimum Gasteiger partial charge on any atom is -0.308 e. The molecule has 1 amide bonds. The third-order valence-corrected chi connectivity index (χ3v) is 5.87. The molecule has 0 fully saturated rings. The van der Waals surface area contributed by atoms with Crippen molar-refractivity contribution < 1.29 is 18.0 Å². The van der Waals surface area contributed by atoms with Crippen LogP contribution in [0.1, 0.15) is 40.0 Å². The van der Waals surface area contributed by atoms with Gasteiger partial charge in [0.05, 0.1) is 24.5 Å². The molecule has 30 heavy (non-hydrogen) atoms. The monoisotopic (exact) mass is 462 g/mol. The number of carbonyl (C=O) groups is 1. The second-order valence-corrected chi connectivity index (χ2v) is 9.06. The summed E-state index contributed by atoms with van der Waals surface area (Å²) < 4.78 is 40.0. The molecule has 2 aromatic rings. The van der Waals surface area contributed by atoms with Crippen LogP contribution in [0.15, 0.2) is 30.7 Å². The fraction of sp³-hybridized carbons (Fsp3) is 0.550. The number of rotatable bonds is 10. The zero-order valence-corrected chi connectivity index (χ0v) is 18.8. The highest BCUT2D eigenvalue weighted by atomic mass is 35.5. The maximum Gasteiger partial charge on any atom is 0.390 e. The van der Waals surface area contributed by atoms with Crippen molar-refractivity contribution in [2.75, 3.05) is 17.2 Å². The number of hydrogen-bond donors (Lipinski definition) is 0. The first-order valence-electron chi connectivity index (χ1n) is 9.75. The summed E-state index contributed by atoms with van der Waals surface area (Å²) in [5.41, 5.74) is 1.17. The van der Waals surface area contributed by atoms with Crippen LogP contribution >= 0.6 is 23.4 Å². The summed E-state index contributed by atoms with van der Waals surface area (Å²) in [7, 11) is 0. The minimum atomic E-state index is -4.21. The lowest BCUT2D eigenvalue weighted by atomic mass is 10.1. The highest BCUT2D eigenvalue weighted by Crippen LogP contribution is 2.32. The molecule has 1 unspecified atom stereocenters. The van der Waals surface area contributed by atoms with Gasteiger partial charge in [0.2, 0.25) is 5.91 Å². The van der Waals surface area contributed by atoms with E-state index in [-0.39, 0.29) is 23.4 Å². The Balaban J connectivity index is 2.02. The summed E-state index contributed by atoms with van der Waals surface area (Å²) in [6.07, 6.45) is 0.446. The predicted octanol–water partition coefficient (Wildman–Crippen LogP) is 5.76. The van der Waals surface area contributed by atoms with Crippen LogP contribution in [-0.2, 0) is 4.79 Å². The van der Waals surface area contributed by atoms with Gasteiger partial charge in [-0.15, -0.1) is 0 Å². The third kappa shape index (κ3) is 7.50. The van der Waals surface area contributed by atoms with Gasteiger partial charge in [0.1, 0.15) is 5.69 Å². The summed E-state index contributed by atoms with van der Waals surface area (Å²) in [4.78, 5) is 18.3. The van der Waals surface area contributed by atoms with Gasteiger partial charge in [0.15, 0.2) is 5.15 Å². The SMILES string of the molecule is CCN(C(=O)CCSC(CC(C)C)CC(F)(F)F)c1cn(-c2cccnc2)nc1Cl. The van der Waals surface area contributed by atoms with E-state index >= 15 is 0 Å². The second kappa shape index (κ2) is 11.0. The molecule has 0 aliphatic rings. The van der Waals surface area contributed by atoms with E-state index in [1.54, 1.807) is 24.7 Å². The zero-order chi connectivity index (χ0) is 22.3. The lowest BCUT2D eigenvalue weighted by molar-refractivity contribution is -0.134. The van der Waals surface area contributed by atoms with Crippen molar-refractivity contribution in [2.45, 2.75) is 51.5 Å². The van der Waals surface area contributed by atoms with Crippen LogP contribution in [-0.4, -0.2) is 44.4 Å². The van der Waals surface area contributed by atoms with Crippen molar-refractivity contribution in [1.29, 1.82) is 0 Å². The lowest BCUT2D eigenvalue weighted by Crippen LogP contribution is -2.31. The van der Waals surface area contributed by atoms with Crippen molar-refractivity contribution >= 4 is 35.0 Å². The van der Waals surface area contributed by atoms with Gasteiger partial charge in [0.25, 0.3) is 0 Å². The quantitative estimate of drug-likeness (QED) is 0.450. The Morgan fingerprint density at radius 2 is 2.10 bits per heavy atom. The molecule has 0 aromatic carbocycles. The Hall–Kier alpha value is -1.74. The number of thioether (sulfide) groups is 1. The van der Waals surface area contributed by atoms with Crippen LogP contribution in [0.5, 0.6) is 0 Å². The van der Waals surface area contributed by atoms with E-state index in [0.717, 1.165) is 0 Å². The number of alkyl halides is 3. The van der Waals surface area contributed by atoms with Gasteiger partial charge in [-0.25, -0.2) is 4.68 Å². The Morgan fingerprint density at radius 3 is 2.67 bits per heavy atom. The van der Waals surface area contributed by atoms with Crippen molar-refractivity contribution in [1.82, 2.24) is 14.8 Å². The molecule has 0 N–H and O–H groups in total. The van der Waals surface area contributed by atoms with E-state index in [0.29, 0.717) is 30.1 Å². The van der Waals surface area contributed by atoms with Crippen LogP contribution in [0.3, 0.4) is 0 Å². The van der Waals surface area contributed by atoms with Crippen LogP contribution in [0.4, 0.5) is 18.9 Å². The van der Waals surface area contributed by atoms with Gasteiger partial charge in [-0.1, -0.05) is 25.4 Å². The number of carbonyl (C=O) groups excluding carboxylic acids is 1. The molecule has 0 bridgehead atoms. The summed E-state index contributed by atoms with van der Waals surface area (Å²) in [6.45, 7) is 5.99. The zero-order valence-electron chi connectivity index (χ0n) is 17.2. The first-order chi connectivity index (χ1) is 14.1. The van der Waals surface area contributed by atoms with E-state index in [4.69, 9.17) is 11.6 Å². The molecule has 5 nitrogen and oxygen atoms in total. The van der Waals surface area contributed by atoms with Crippen LogP contribution in [0.2, 0.25) is 5.15 Å². The van der Waals surface area contributed by atoms with E-state index in [1.165, 1.54) is 21.3 Å². The second-order valence-electron chi connectivity index (χ2n) is 7.29. The molecular formula is C20H26ClF3N4OS. The molecule has 2 heterocycles. The van der Waals surface area contributed by atoms with Gasteiger partial charge in [-0.3, -0.25) is 9.78 Å². The molecule has 166 valence electrons. The van der Waals surface area contributed by atoms with Crippen molar-refractivity contribution in [3.05, 3.63) is 35.9 Å². The van der Waals surface area contributed by atoms with Crippen molar-refractivity contribution in [3.8, 4) is 5.69 Å². The molecule has 10 heteroatoms. The number of nitrogens with zero attached hydrogens (tertiary/aromatic N) is 4. The van der Waals surface area contributed by atoms with Crippen LogP contribution < -0.4 is 4.90 Å². The molecule has 0 saturated carbocycles. The summed E-state index contributed by atoms with van der Waals surface area (Å²) in [6, 6.07) is 3.57. The number of anilines is 1. The smallest absolute Gasteiger partial charge is 0.308 e. The highest BCUT2D eigenvalue weighted by molar-refractivity contribution is 7.99.